The number of para-hydroxylation sites is 1. The zero-order valence-corrected chi connectivity index (χ0v) is 21.7. The van der Waals surface area contributed by atoms with E-state index in [0.717, 1.165) is 26.9 Å². The third-order valence-electron chi connectivity index (χ3n) is 5.71. The van der Waals surface area contributed by atoms with Crippen LogP contribution in [-0.4, -0.2) is 30.7 Å². The van der Waals surface area contributed by atoms with Crippen LogP contribution in [0.25, 0.3) is 0 Å². The zero-order valence-electron chi connectivity index (χ0n) is 18.6. The van der Waals surface area contributed by atoms with Crippen molar-refractivity contribution in [3.05, 3.63) is 97.9 Å². The molecule has 0 spiro atoms. The van der Waals surface area contributed by atoms with E-state index in [1.165, 1.54) is 0 Å². The highest BCUT2D eigenvalue weighted by Crippen LogP contribution is 2.28. The van der Waals surface area contributed by atoms with E-state index < -0.39 is 12.1 Å². The summed E-state index contributed by atoms with van der Waals surface area (Å²) in [6.45, 7) is 1.80. The first-order chi connectivity index (χ1) is 16.2. The molecular weight excluding hydrogens is 537 g/mol. The van der Waals surface area contributed by atoms with E-state index in [0.29, 0.717) is 22.2 Å². The summed E-state index contributed by atoms with van der Waals surface area (Å²) in [5.74, 6) is -0.996. The Bertz CT molecular complexity index is 1280. The Hall–Kier alpha value is -2.67. The molecule has 174 valence electrons. The number of hydrogen-bond acceptors (Lipinski definition) is 3. The van der Waals surface area contributed by atoms with E-state index in [1.54, 1.807) is 31.0 Å². The molecule has 2 amide bonds. The Morgan fingerprint density at radius 2 is 1.79 bits per heavy atom. The molecule has 0 bridgehead atoms. The molecule has 0 saturated heterocycles. The Morgan fingerprint density at radius 1 is 1.09 bits per heavy atom. The standard InChI is InChI=1S/C26H22BrCl2N3O2/c1-15(13-16-7-12-20(28)21(29)14-16)25(33)31-24-26(34)32(2)22-6-4-3-5-19(22)23(30-24)17-8-10-18(27)11-9-17/h3-12,14-15,24H,13H2,1-2H3,(H,31,33)/t15-,24?/m0/s1. The fourth-order valence-corrected chi connectivity index (χ4v) is 4.43. The molecule has 3 aromatic carbocycles. The number of carbonyl (C=O) groups is 2. The third-order valence-corrected chi connectivity index (χ3v) is 6.98. The number of rotatable bonds is 5. The van der Waals surface area contributed by atoms with Crippen LogP contribution in [0.5, 0.6) is 0 Å². The number of anilines is 1. The van der Waals surface area contributed by atoms with Crippen molar-refractivity contribution in [3.8, 4) is 0 Å². The Labute approximate surface area is 216 Å². The van der Waals surface area contributed by atoms with Crippen LogP contribution in [-0.2, 0) is 16.0 Å². The van der Waals surface area contributed by atoms with Crippen LogP contribution in [0.4, 0.5) is 5.69 Å². The van der Waals surface area contributed by atoms with Gasteiger partial charge in [-0.05, 0) is 42.3 Å². The van der Waals surface area contributed by atoms with Gasteiger partial charge in [-0.15, -0.1) is 0 Å². The van der Waals surface area contributed by atoms with Crippen LogP contribution in [0.15, 0.2) is 76.2 Å². The maximum Gasteiger partial charge on any atom is 0.272 e. The molecule has 1 N–H and O–H groups in total. The molecule has 1 heterocycles. The van der Waals surface area contributed by atoms with Crippen molar-refractivity contribution in [2.45, 2.75) is 19.5 Å². The molecule has 1 aliphatic heterocycles. The van der Waals surface area contributed by atoms with Crippen molar-refractivity contribution in [2.24, 2.45) is 10.9 Å². The van der Waals surface area contributed by atoms with Crippen LogP contribution in [0, 0.1) is 5.92 Å². The molecule has 0 aliphatic carbocycles. The Balaban J connectivity index is 1.64. The number of nitrogens with one attached hydrogen (secondary N) is 1. The normalized spacial score (nSPS) is 16.4. The van der Waals surface area contributed by atoms with Crippen LogP contribution in [0.1, 0.15) is 23.6 Å². The molecule has 2 atom stereocenters. The molecule has 0 fully saturated rings. The van der Waals surface area contributed by atoms with E-state index in [9.17, 15) is 9.59 Å². The number of aliphatic imine (C=N–C) groups is 1. The first-order valence-corrected chi connectivity index (χ1v) is 12.2. The largest absolute Gasteiger partial charge is 0.326 e. The molecule has 34 heavy (non-hydrogen) atoms. The van der Waals surface area contributed by atoms with E-state index in [1.807, 2.05) is 54.6 Å². The van der Waals surface area contributed by atoms with Gasteiger partial charge < -0.3 is 10.2 Å². The van der Waals surface area contributed by atoms with Crippen LogP contribution >= 0.6 is 39.1 Å². The minimum absolute atomic E-state index is 0.275. The zero-order chi connectivity index (χ0) is 24.4. The quantitative estimate of drug-likeness (QED) is 0.424. The van der Waals surface area contributed by atoms with Gasteiger partial charge in [-0.25, -0.2) is 4.99 Å². The summed E-state index contributed by atoms with van der Waals surface area (Å²) in [5.41, 5.74) is 3.92. The fourth-order valence-electron chi connectivity index (χ4n) is 3.84. The molecule has 0 aromatic heterocycles. The summed E-state index contributed by atoms with van der Waals surface area (Å²) in [6, 6.07) is 20.6. The molecule has 0 saturated carbocycles. The summed E-state index contributed by atoms with van der Waals surface area (Å²) in [4.78, 5) is 32.7. The summed E-state index contributed by atoms with van der Waals surface area (Å²) >= 11 is 15.6. The number of fused-ring (bicyclic) bond motifs is 1. The van der Waals surface area contributed by atoms with Crippen LogP contribution in [0.3, 0.4) is 0 Å². The lowest BCUT2D eigenvalue weighted by atomic mass is 10.00. The molecule has 8 heteroatoms. The highest BCUT2D eigenvalue weighted by atomic mass is 79.9. The van der Waals surface area contributed by atoms with Gasteiger partial charge in [-0.2, -0.15) is 0 Å². The maximum absolute atomic E-state index is 13.3. The number of benzene rings is 3. The molecule has 3 aromatic rings. The van der Waals surface area contributed by atoms with Crippen molar-refractivity contribution in [1.82, 2.24) is 5.32 Å². The number of hydrogen-bond donors (Lipinski definition) is 1. The number of carbonyl (C=O) groups excluding carboxylic acids is 2. The third kappa shape index (κ3) is 5.19. The second kappa shape index (κ2) is 10.3. The average Bonchev–Trinajstić information content (AvgIpc) is 2.93. The van der Waals surface area contributed by atoms with Crippen molar-refractivity contribution in [1.29, 1.82) is 0 Å². The Kier molecular flexibility index (Phi) is 7.41. The number of nitrogens with zero attached hydrogens (tertiary/aromatic N) is 2. The van der Waals surface area contributed by atoms with Gasteiger partial charge in [0.25, 0.3) is 5.91 Å². The second-order valence-electron chi connectivity index (χ2n) is 8.16. The number of halogens is 3. The van der Waals surface area contributed by atoms with Crippen molar-refractivity contribution in [2.75, 3.05) is 11.9 Å². The highest BCUT2D eigenvalue weighted by Gasteiger charge is 2.31. The summed E-state index contributed by atoms with van der Waals surface area (Å²) in [7, 11) is 1.69. The number of benzodiazepines with no additional fused rings is 1. The minimum atomic E-state index is -1.06. The van der Waals surface area contributed by atoms with Crippen LogP contribution in [0.2, 0.25) is 10.0 Å². The van der Waals surface area contributed by atoms with E-state index in [2.05, 4.69) is 21.2 Å². The van der Waals surface area contributed by atoms with E-state index in [-0.39, 0.29) is 11.8 Å². The van der Waals surface area contributed by atoms with Crippen molar-refractivity contribution in [3.63, 3.8) is 0 Å². The molecule has 5 nitrogen and oxygen atoms in total. The molecule has 1 aliphatic rings. The van der Waals surface area contributed by atoms with Gasteiger partial charge in [0, 0.05) is 28.6 Å². The lowest BCUT2D eigenvalue weighted by molar-refractivity contribution is -0.129. The molecule has 1 unspecified atom stereocenters. The Morgan fingerprint density at radius 3 is 2.50 bits per heavy atom. The fraction of sp³-hybridized carbons (Fsp3) is 0.192. The maximum atomic E-state index is 13.3. The predicted molar refractivity (Wildman–Crippen MR) is 141 cm³/mol. The lowest BCUT2D eigenvalue weighted by Gasteiger charge is -2.22. The molecule has 4 rings (SSSR count). The van der Waals surface area contributed by atoms with Crippen molar-refractivity contribution < 1.29 is 9.59 Å². The van der Waals surface area contributed by atoms with Crippen LogP contribution < -0.4 is 10.2 Å². The average molecular weight is 559 g/mol. The molecule has 0 radical (unpaired) electrons. The monoisotopic (exact) mass is 557 g/mol. The predicted octanol–water partition coefficient (Wildman–Crippen LogP) is 5.89. The minimum Gasteiger partial charge on any atom is -0.326 e. The van der Waals surface area contributed by atoms with Gasteiger partial charge in [-0.1, -0.05) is 82.5 Å². The van der Waals surface area contributed by atoms with Gasteiger partial charge in [0.15, 0.2) is 0 Å². The smallest absolute Gasteiger partial charge is 0.272 e. The number of likely N-dealkylation sites (N-methyl/N-ethyl adjacent to an activating group) is 1. The van der Waals surface area contributed by atoms with Gasteiger partial charge in [0.05, 0.1) is 21.4 Å². The lowest BCUT2D eigenvalue weighted by Crippen LogP contribution is -2.47. The van der Waals surface area contributed by atoms with Gasteiger partial charge in [0.1, 0.15) is 0 Å². The second-order valence-corrected chi connectivity index (χ2v) is 9.89. The van der Waals surface area contributed by atoms with Crippen molar-refractivity contribution >= 4 is 62.3 Å². The number of amides is 2. The van der Waals surface area contributed by atoms with Gasteiger partial charge in [-0.3, -0.25) is 9.59 Å². The van der Waals surface area contributed by atoms with Gasteiger partial charge in [0.2, 0.25) is 12.1 Å². The van der Waals surface area contributed by atoms with E-state index in [4.69, 9.17) is 28.2 Å². The van der Waals surface area contributed by atoms with Gasteiger partial charge >= 0.3 is 0 Å². The first-order valence-electron chi connectivity index (χ1n) is 10.7. The SMILES string of the molecule is C[C@@H](Cc1ccc(Cl)c(Cl)c1)C(=O)NC1N=C(c2ccc(Br)cc2)c2ccccc2N(C)C1=O. The summed E-state index contributed by atoms with van der Waals surface area (Å²) < 4.78 is 0.938. The molecular formula is C26H22BrCl2N3O2. The highest BCUT2D eigenvalue weighted by molar-refractivity contribution is 9.10. The summed E-state index contributed by atoms with van der Waals surface area (Å²) in [5, 5.41) is 3.75. The topological polar surface area (TPSA) is 61.8 Å². The first kappa shape index (κ1) is 24.5. The van der Waals surface area contributed by atoms with E-state index >= 15 is 0 Å². The summed E-state index contributed by atoms with van der Waals surface area (Å²) in [6.07, 6.45) is -0.608.